The number of carbonyl (C=O) groups is 2. The van der Waals surface area contributed by atoms with E-state index in [4.69, 9.17) is 18.9 Å². The third kappa shape index (κ3) is 5.41. The highest BCUT2D eigenvalue weighted by molar-refractivity contribution is 9.11. The van der Waals surface area contributed by atoms with Gasteiger partial charge >= 0.3 is 6.09 Å². The molecule has 0 bridgehead atoms. The molecule has 1 aliphatic carbocycles. The van der Waals surface area contributed by atoms with E-state index in [1.807, 2.05) is 24.3 Å². The first-order valence-corrected chi connectivity index (χ1v) is 13.1. The Morgan fingerprint density at radius 2 is 2.00 bits per heavy atom. The fourth-order valence-corrected chi connectivity index (χ4v) is 5.25. The van der Waals surface area contributed by atoms with Gasteiger partial charge in [0.25, 0.3) is 5.91 Å². The molecule has 0 radical (unpaired) electrons. The number of para-hydroxylation sites is 1. The van der Waals surface area contributed by atoms with Crippen molar-refractivity contribution in [2.75, 3.05) is 33.4 Å². The summed E-state index contributed by atoms with van der Waals surface area (Å²) in [6.45, 7) is 1.41. The van der Waals surface area contributed by atoms with Crippen molar-refractivity contribution >= 4 is 39.3 Å². The highest BCUT2D eigenvalue weighted by atomic mass is 79.9. The van der Waals surface area contributed by atoms with Crippen LogP contribution in [0.3, 0.4) is 0 Å². The summed E-state index contributed by atoms with van der Waals surface area (Å²) < 4.78 is 22.8. The van der Waals surface area contributed by atoms with E-state index in [-0.39, 0.29) is 24.4 Å². The number of rotatable bonds is 8. The first kappa shape index (κ1) is 24.4. The van der Waals surface area contributed by atoms with Gasteiger partial charge in [0.1, 0.15) is 19.0 Å². The minimum absolute atomic E-state index is 0.0814. The number of hydrogen-bond acceptors (Lipinski definition) is 8. The van der Waals surface area contributed by atoms with Crippen molar-refractivity contribution in [1.82, 2.24) is 15.2 Å². The molecule has 9 nitrogen and oxygen atoms in total. The lowest BCUT2D eigenvalue weighted by atomic mass is 10.1. The predicted molar refractivity (Wildman–Crippen MR) is 137 cm³/mol. The Balaban J connectivity index is 1.24. The second-order valence-electron chi connectivity index (χ2n) is 8.21. The molecule has 11 heteroatoms. The normalized spacial score (nSPS) is 14.2. The van der Waals surface area contributed by atoms with Gasteiger partial charge in [-0.2, -0.15) is 4.98 Å². The summed E-state index contributed by atoms with van der Waals surface area (Å²) in [4.78, 5) is 32.6. The Hall–Kier alpha value is -3.31. The van der Waals surface area contributed by atoms with Crippen molar-refractivity contribution in [3.05, 3.63) is 51.9 Å². The van der Waals surface area contributed by atoms with E-state index < -0.39 is 6.09 Å². The number of fused-ring (bicyclic) bond motifs is 1. The van der Waals surface area contributed by atoms with Gasteiger partial charge < -0.3 is 29.2 Å². The van der Waals surface area contributed by atoms with Gasteiger partial charge in [-0.3, -0.25) is 4.79 Å². The fourth-order valence-electron chi connectivity index (χ4n) is 3.89. The van der Waals surface area contributed by atoms with Crippen LogP contribution >= 0.6 is 27.3 Å². The van der Waals surface area contributed by atoms with E-state index >= 15 is 0 Å². The van der Waals surface area contributed by atoms with Crippen LogP contribution in [0.4, 0.5) is 4.79 Å². The first-order chi connectivity index (χ1) is 17.5. The van der Waals surface area contributed by atoms with E-state index in [0.717, 1.165) is 18.4 Å². The monoisotopic (exact) mass is 573 g/mol. The van der Waals surface area contributed by atoms with Crippen LogP contribution in [0.1, 0.15) is 23.2 Å². The Morgan fingerprint density at radius 3 is 2.81 bits per heavy atom. The van der Waals surface area contributed by atoms with E-state index in [2.05, 4.69) is 26.2 Å². The molecular weight excluding hydrogens is 550 g/mol. The van der Waals surface area contributed by atoms with Crippen molar-refractivity contribution < 1.29 is 28.5 Å². The third-order valence-electron chi connectivity index (χ3n) is 5.76. The zero-order valence-corrected chi connectivity index (χ0v) is 21.9. The average Bonchev–Trinajstić information content (AvgIpc) is 3.67. The number of methoxy groups -OCH3 is 1. The lowest BCUT2D eigenvalue weighted by molar-refractivity contribution is 0.0933. The number of carbonyl (C=O) groups excluding carboxylic acids is 2. The number of benzene rings is 2. The second kappa shape index (κ2) is 10.8. The van der Waals surface area contributed by atoms with E-state index in [1.54, 1.807) is 30.2 Å². The van der Waals surface area contributed by atoms with Crippen molar-refractivity contribution in [3.63, 3.8) is 0 Å². The number of halogens is 1. The minimum Gasteiger partial charge on any atom is -0.497 e. The van der Waals surface area contributed by atoms with Gasteiger partial charge in [0.15, 0.2) is 15.4 Å². The van der Waals surface area contributed by atoms with Gasteiger partial charge in [-0.15, -0.1) is 11.3 Å². The molecule has 188 valence electrons. The summed E-state index contributed by atoms with van der Waals surface area (Å²) in [6.07, 6.45) is 1.29. The zero-order chi connectivity index (χ0) is 25.1. The molecule has 1 aliphatic heterocycles. The number of aromatic nitrogens is 1. The van der Waals surface area contributed by atoms with E-state index in [9.17, 15) is 9.59 Å². The Labute approximate surface area is 220 Å². The number of thiazole rings is 1. The van der Waals surface area contributed by atoms with Gasteiger partial charge in [-0.05, 0) is 53.0 Å². The van der Waals surface area contributed by atoms with E-state index in [0.29, 0.717) is 51.4 Å². The summed E-state index contributed by atoms with van der Waals surface area (Å²) in [5, 5.41) is 2.88. The average molecular weight is 574 g/mol. The molecule has 5 rings (SSSR count). The molecule has 0 atom stereocenters. The Kier molecular flexibility index (Phi) is 7.28. The van der Waals surface area contributed by atoms with Crippen LogP contribution in [0.25, 0.3) is 10.4 Å². The van der Waals surface area contributed by atoms with Crippen LogP contribution < -0.4 is 24.3 Å². The van der Waals surface area contributed by atoms with Crippen LogP contribution in [-0.2, 0) is 0 Å². The summed E-state index contributed by atoms with van der Waals surface area (Å²) >= 11 is 4.77. The van der Waals surface area contributed by atoms with Gasteiger partial charge in [0.05, 0.1) is 17.6 Å². The second-order valence-corrected chi connectivity index (χ2v) is 10.5. The first-order valence-electron chi connectivity index (χ1n) is 11.5. The van der Waals surface area contributed by atoms with Crippen LogP contribution in [0.15, 0.2) is 46.4 Å². The Morgan fingerprint density at radius 1 is 1.19 bits per heavy atom. The maximum atomic E-state index is 13.1. The van der Waals surface area contributed by atoms with Crippen LogP contribution in [-0.4, -0.2) is 61.3 Å². The molecular formula is C25H24BrN3O6S. The van der Waals surface area contributed by atoms with Crippen molar-refractivity contribution in [3.8, 4) is 33.6 Å². The molecule has 2 aromatic carbocycles. The minimum atomic E-state index is -0.498. The van der Waals surface area contributed by atoms with E-state index in [1.165, 1.54) is 11.3 Å². The molecule has 0 saturated heterocycles. The molecule has 2 heterocycles. The third-order valence-corrected chi connectivity index (χ3v) is 7.29. The molecule has 2 aliphatic rings. The fraction of sp³-hybridized carbons (Fsp3) is 0.320. The topological polar surface area (TPSA) is 99.2 Å². The molecule has 3 aromatic rings. The summed E-state index contributed by atoms with van der Waals surface area (Å²) in [5.74, 6) is 1.64. The quantitative estimate of drug-likeness (QED) is 0.415. The zero-order valence-electron chi connectivity index (χ0n) is 19.5. The number of nitrogens with zero attached hydrogens (tertiary/aromatic N) is 2. The summed E-state index contributed by atoms with van der Waals surface area (Å²) in [6, 6.07) is 12.8. The van der Waals surface area contributed by atoms with Crippen molar-refractivity contribution in [2.24, 2.45) is 0 Å². The Bertz CT molecular complexity index is 1280. The maximum Gasteiger partial charge on any atom is 0.416 e. The van der Waals surface area contributed by atoms with Crippen molar-refractivity contribution in [1.29, 1.82) is 0 Å². The molecule has 1 saturated carbocycles. The molecule has 36 heavy (non-hydrogen) atoms. The van der Waals surface area contributed by atoms with Gasteiger partial charge in [-0.25, -0.2) is 4.79 Å². The molecule has 0 spiro atoms. The standard InChI is InChI=1S/C25H24BrN3O6S/c1-32-17-5-2-4-15(14-17)21-23(28-24(26)36-21)35-25(31)29(16-8-9-16)11-10-27-22(30)18-6-3-7-19-20(18)34-13-12-33-19/h2-7,14,16H,8-13H2,1H3,(H,27,30). The molecule has 1 aromatic heterocycles. The number of nitrogens with one attached hydrogen (secondary N) is 1. The smallest absolute Gasteiger partial charge is 0.416 e. The summed E-state index contributed by atoms with van der Waals surface area (Å²) in [5.41, 5.74) is 1.24. The van der Waals surface area contributed by atoms with Crippen molar-refractivity contribution in [2.45, 2.75) is 18.9 Å². The van der Waals surface area contributed by atoms with Crippen LogP contribution in [0.2, 0.25) is 0 Å². The number of ether oxygens (including phenoxy) is 4. The van der Waals surface area contributed by atoms with Crippen LogP contribution in [0.5, 0.6) is 23.1 Å². The van der Waals surface area contributed by atoms with Gasteiger partial charge in [0.2, 0.25) is 5.88 Å². The maximum absolute atomic E-state index is 13.1. The summed E-state index contributed by atoms with van der Waals surface area (Å²) in [7, 11) is 1.60. The van der Waals surface area contributed by atoms with Gasteiger partial charge in [0, 0.05) is 24.7 Å². The SMILES string of the molecule is COc1cccc(-c2sc(Br)nc2OC(=O)N(CCNC(=O)c2cccc3c2OCCO3)C2CC2)c1. The lowest BCUT2D eigenvalue weighted by Crippen LogP contribution is -2.41. The highest BCUT2D eigenvalue weighted by Crippen LogP contribution is 2.40. The number of hydrogen-bond donors (Lipinski definition) is 1. The van der Waals surface area contributed by atoms with Gasteiger partial charge in [-0.1, -0.05) is 18.2 Å². The molecule has 1 fully saturated rings. The predicted octanol–water partition coefficient (Wildman–Crippen LogP) is 4.75. The van der Waals surface area contributed by atoms with Crippen LogP contribution in [0, 0.1) is 0 Å². The molecule has 0 unspecified atom stereocenters. The highest BCUT2D eigenvalue weighted by Gasteiger charge is 2.34. The molecule has 2 amide bonds. The molecule has 1 N–H and O–H groups in total. The lowest BCUT2D eigenvalue weighted by Gasteiger charge is -2.22. The number of amides is 2. The largest absolute Gasteiger partial charge is 0.497 e.